The zero-order chi connectivity index (χ0) is 7.56. The van der Waals surface area contributed by atoms with Gasteiger partial charge in [-0.2, -0.15) is 4.73 Å². The average molecular weight is 139 g/mol. The molecule has 0 aliphatic carbocycles. The van der Waals surface area contributed by atoms with E-state index in [-0.39, 0.29) is 5.56 Å². The fourth-order valence-corrected chi connectivity index (χ4v) is 0.710. The summed E-state index contributed by atoms with van der Waals surface area (Å²) in [4.78, 5) is 15.6. The van der Waals surface area contributed by atoms with Gasteiger partial charge in [-0.25, -0.2) is 0 Å². The van der Waals surface area contributed by atoms with E-state index in [0.717, 1.165) is 5.56 Å². The summed E-state index contributed by atoms with van der Waals surface area (Å²) in [6, 6.07) is 3.22. The van der Waals surface area contributed by atoms with E-state index in [4.69, 9.17) is 4.84 Å². The van der Waals surface area contributed by atoms with Crippen molar-refractivity contribution < 1.29 is 4.84 Å². The molecule has 54 valence electrons. The van der Waals surface area contributed by atoms with Crippen molar-refractivity contribution in [1.82, 2.24) is 4.73 Å². The molecule has 1 heterocycles. The molecule has 0 atom stereocenters. The molecule has 0 aliphatic rings. The maximum absolute atomic E-state index is 10.8. The van der Waals surface area contributed by atoms with Crippen LogP contribution < -0.4 is 10.4 Å². The molecule has 0 amide bonds. The van der Waals surface area contributed by atoms with Gasteiger partial charge < -0.3 is 4.84 Å². The van der Waals surface area contributed by atoms with Crippen molar-refractivity contribution >= 4 is 0 Å². The first-order valence-electron chi connectivity index (χ1n) is 2.98. The second-order valence-electron chi connectivity index (χ2n) is 2.05. The quantitative estimate of drug-likeness (QED) is 0.557. The van der Waals surface area contributed by atoms with Crippen molar-refractivity contribution in [3.8, 4) is 0 Å². The number of hydrogen-bond donors (Lipinski definition) is 0. The van der Waals surface area contributed by atoms with E-state index >= 15 is 0 Å². The Bertz CT molecular complexity index is 277. The minimum absolute atomic E-state index is 0.145. The van der Waals surface area contributed by atoms with Gasteiger partial charge in [0.05, 0.1) is 6.20 Å². The highest BCUT2D eigenvalue weighted by Gasteiger charge is 1.91. The number of hydrogen-bond acceptors (Lipinski definition) is 2. The molecule has 0 saturated carbocycles. The Labute approximate surface area is 58.8 Å². The molecule has 3 nitrogen and oxygen atoms in total. The van der Waals surface area contributed by atoms with E-state index in [1.807, 2.05) is 6.92 Å². The molecule has 1 rings (SSSR count). The molecule has 1 aromatic heterocycles. The van der Waals surface area contributed by atoms with Crippen LogP contribution in [0.15, 0.2) is 23.1 Å². The van der Waals surface area contributed by atoms with Crippen LogP contribution >= 0.6 is 0 Å². The minimum Gasteiger partial charge on any atom is -0.414 e. The van der Waals surface area contributed by atoms with Crippen LogP contribution in [0.5, 0.6) is 0 Å². The van der Waals surface area contributed by atoms with Crippen LogP contribution in [0.4, 0.5) is 0 Å². The van der Waals surface area contributed by atoms with E-state index in [0.29, 0.717) is 0 Å². The lowest BCUT2D eigenvalue weighted by Crippen LogP contribution is -2.23. The van der Waals surface area contributed by atoms with Crippen molar-refractivity contribution in [2.75, 3.05) is 7.11 Å². The zero-order valence-electron chi connectivity index (χ0n) is 6.00. The van der Waals surface area contributed by atoms with Crippen molar-refractivity contribution in [2.24, 2.45) is 0 Å². The smallest absolute Gasteiger partial charge is 0.282 e. The number of rotatable bonds is 1. The molecule has 0 bridgehead atoms. The molecule has 0 fully saturated rings. The van der Waals surface area contributed by atoms with Gasteiger partial charge in [0.25, 0.3) is 5.56 Å². The Hall–Kier alpha value is -1.25. The molecule has 0 saturated heterocycles. The van der Waals surface area contributed by atoms with E-state index in [1.165, 1.54) is 17.9 Å². The minimum atomic E-state index is -0.145. The fraction of sp³-hybridized carbons (Fsp3) is 0.286. The third kappa shape index (κ3) is 1.18. The maximum atomic E-state index is 10.8. The van der Waals surface area contributed by atoms with E-state index in [2.05, 4.69) is 0 Å². The van der Waals surface area contributed by atoms with Gasteiger partial charge in [-0.3, -0.25) is 4.79 Å². The van der Waals surface area contributed by atoms with Crippen LogP contribution in [-0.4, -0.2) is 11.8 Å². The lowest BCUT2D eigenvalue weighted by atomic mass is 10.3. The summed E-state index contributed by atoms with van der Waals surface area (Å²) < 4.78 is 1.19. The monoisotopic (exact) mass is 139 g/mol. The van der Waals surface area contributed by atoms with E-state index in [9.17, 15) is 4.79 Å². The van der Waals surface area contributed by atoms with Crippen LogP contribution in [0.2, 0.25) is 0 Å². The van der Waals surface area contributed by atoms with Crippen LogP contribution in [0.3, 0.4) is 0 Å². The summed E-state index contributed by atoms with van der Waals surface area (Å²) >= 11 is 0. The fourth-order valence-electron chi connectivity index (χ4n) is 0.710. The lowest BCUT2D eigenvalue weighted by molar-refractivity contribution is 0.156. The van der Waals surface area contributed by atoms with Gasteiger partial charge in [0.15, 0.2) is 0 Å². The van der Waals surface area contributed by atoms with Crippen molar-refractivity contribution in [3.63, 3.8) is 0 Å². The number of pyridine rings is 1. The summed E-state index contributed by atoms with van der Waals surface area (Å²) in [5, 5.41) is 0. The molecule has 1 aromatic rings. The first-order chi connectivity index (χ1) is 4.74. The highest BCUT2D eigenvalue weighted by Crippen LogP contribution is 1.88. The standard InChI is InChI=1S/C7H9NO2/c1-6-3-4-7(9)8(5-6)10-2/h3-5H,1-2H3. The van der Waals surface area contributed by atoms with Gasteiger partial charge in [0, 0.05) is 6.07 Å². The third-order valence-corrected chi connectivity index (χ3v) is 1.22. The molecular formula is C7H9NO2. The Morgan fingerprint density at radius 3 is 2.70 bits per heavy atom. The highest BCUT2D eigenvalue weighted by molar-refractivity contribution is 5.06. The second-order valence-corrected chi connectivity index (χ2v) is 2.05. The summed E-state index contributed by atoms with van der Waals surface area (Å²) in [7, 11) is 1.46. The normalized spacial score (nSPS) is 9.40. The van der Waals surface area contributed by atoms with Gasteiger partial charge >= 0.3 is 0 Å². The molecular weight excluding hydrogens is 130 g/mol. The van der Waals surface area contributed by atoms with E-state index < -0.39 is 0 Å². The highest BCUT2D eigenvalue weighted by atomic mass is 16.6. The SMILES string of the molecule is COn1cc(C)ccc1=O. The average Bonchev–Trinajstić information content (AvgIpc) is 1.94. The first-order valence-corrected chi connectivity index (χ1v) is 2.98. The maximum Gasteiger partial charge on any atom is 0.282 e. The van der Waals surface area contributed by atoms with Crippen molar-refractivity contribution in [3.05, 3.63) is 34.2 Å². The Kier molecular flexibility index (Phi) is 1.76. The van der Waals surface area contributed by atoms with Gasteiger partial charge in [-0.1, -0.05) is 6.07 Å². The molecule has 0 spiro atoms. The molecule has 0 aromatic carbocycles. The Balaban J connectivity index is 3.22. The van der Waals surface area contributed by atoms with Gasteiger partial charge in [0.2, 0.25) is 0 Å². The number of aryl methyl sites for hydroxylation is 1. The van der Waals surface area contributed by atoms with E-state index in [1.54, 1.807) is 12.3 Å². The third-order valence-electron chi connectivity index (χ3n) is 1.22. The van der Waals surface area contributed by atoms with Gasteiger partial charge in [-0.05, 0) is 12.5 Å². The molecule has 10 heavy (non-hydrogen) atoms. The van der Waals surface area contributed by atoms with Crippen LogP contribution in [0, 0.1) is 6.92 Å². The Morgan fingerprint density at radius 1 is 1.50 bits per heavy atom. The lowest BCUT2D eigenvalue weighted by Gasteiger charge is -2.01. The van der Waals surface area contributed by atoms with Gasteiger partial charge in [-0.15, -0.1) is 0 Å². The predicted octanol–water partition coefficient (Wildman–Crippen LogP) is 0.215. The van der Waals surface area contributed by atoms with Crippen LogP contribution in [0.1, 0.15) is 5.56 Å². The first kappa shape index (κ1) is 6.86. The summed E-state index contributed by atoms with van der Waals surface area (Å²) in [5.41, 5.74) is 0.856. The second kappa shape index (κ2) is 2.56. The van der Waals surface area contributed by atoms with Gasteiger partial charge in [0.1, 0.15) is 7.11 Å². The molecule has 0 unspecified atom stereocenters. The molecule has 0 N–H and O–H groups in total. The van der Waals surface area contributed by atoms with Crippen LogP contribution in [-0.2, 0) is 0 Å². The summed E-state index contributed by atoms with van der Waals surface area (Å²) in [5.74, 6) is 0. The molecule has 0 radical (unpaired) electrons. The van der Waals surface area contributed by atoms with Crippen LogP contribution in [0.25, 0.3) is 0 Å². The largest absolute Gasteiger partial charge is 0.414 e. The topological polar surface area (TPSA) is 31.2 Å². The summed E-state index contributed by atoms with van der Waals surface area (Å²) in [6.45, 7) is 1.90. The van der Waals surface area contributed by atoms with Crippen molar-refractivity contribution in [1.29, 1.82) is 0 Å². The number of nitrogens with zero attached hydrogens (tertiary/aromatic N) is 1. The predicted molar refractivity (Wildman–Crippen MR) is 37.9 cm³/mol. The number of aromatic nitrogens is 1. The Morgan fingerprint density at radius 2 is 2.20 bits per heavy atom. The molecule has 0 aliphatic heterocycles. The van der Waals surface area contributed by atoms with Crippen molar-refractivity contribution in [2.45, 2.75) is 6.92 Å². The summed E-state index contributed by atoms with van der Waals surface area (Å²) in [6.07, 6.45) is 1.64. The zero-order valence-corrected chi connectivity index (χ0v) is 6.00. The molecule has 3 heteroatoms.